The summed E-state index contributed by atoms with van der Waals surface area (Å²) in [5.41, 5.74) is 0.386. The Morgan fingerprint density at radius 1 is 1.04 bits per heavy atom. The number of fused-ring (bicyclic) bond motifs is 3. The van der Waals surface area contributed by atoms with Crippen molar-refractivity contribution in [2.24, 2.45) is 11.3 Å². The molecule has 242 valence electrons. The van der Waals surface area contributed by atoms with Gasteiger partial charge in [-0.05, 0) is 119 Å². The number of amides is 1. The molecule has 1 amide bonds. The van der Waals surface area contributed by atoms with Crippen LogP contribution in [0.5, 0.6) is 5.75 Å². The van der Waals surface area contributed by atoms with Gasteiger partial charge in [0.25, 0.3) is 5.89 Å². The minimum absolute atomic E-state index is 0.000441. The lowest BCUT2D eigenvalue weighted by Gasteiger charge is -2.53. The average Bonchev–Trinajstić information content (AvgIpc) is 3.54. The van der Waals surface area contributed by atoms with Crippen molar-refractivity contribution in [2.75, 3.05) is 18.1 Å². The molecule has 1 N–H and O–H groups in total. The van der Waals surface area contributed by atoms with Gasteiger partial charge in [-0.3, -0.25) is 4.79 Å². The van der Waals surface area contributed by atoms with Crippen LogP contribution in [0.1, 0.15) is 96.7 Å². The molecule has 4 fully saturated rings. The van der Waals surface area contributed by atoms with Gasteiger partial charge in [0.15, 0.2) is 5.82 Å². The highest BCUT2D eigenvalue weighted by Crippen LogP contribution is 2.58. The van der Waals surface area contributed by atoms with Crippen LogP contribution in [0.4, 0.5) is 18.9 Å². The second kappa shape index (κ2) is 11.8. The van der Waals surface area contributed by atoms with Gasteiger partial charge >= 0.3 is 5.92 Å². The van der Waals surface area contributed by atoms with Crippen molar-refractivity contribution in [1.29, 1.82) is 0 Å². The molecule has 0 aliphatic heterocycles. The fraction of sp³-hybridized carbons (Fsp3) is 0.571. The van der Waals surface area contributed by atoms with Gasteiger partial charge in [-0.1, -0.05) is 17.3 Å². The molecule has 4 saturated carbocycles. The first-order valence-corrected chi connectivity index (χ1v) is 16.1. The van der Waals surface area contributed by atoms with Crippen LogP contribution in [-0.4, -0.2) is 39.9 Å². The van der Waals surface area contributed by atoms with Crippen LogP contribution < -0.4 is 9.64 Å². The minimum Gasteiger partial charge on any atom is -0.494 e. The molecule has 1 heterocycles. The zero-order chi connectivity index (χ0) is 32.0. The summed E-state index contributed by atoms with van der Waals surface area (Å²) in [6, 6.07) is 12.1. The first-order chi connectivity index (χ1) is 21.3. The molecular formula is C35H42F3N3O4. The van der Waals surface area contributed by atoms with Crippen molar-refractivity contribution >= 4 is 11.6 Å². The van der Waals surface area contributed by atoms with E-state index in [4.69, 9.17) is 9.26 Å². The molecule has 1 aromatic heterocycles. The topological polar surface area (TPSA) is 88.7 Å². The van der Waals surface area contributed by atoms with Crippen LogP contribution in [0.2, 0.25) is 0 Å². The molecule has 2 bridgehead atoms. The maximum Gasteiger partial charge on any atom is 0.322 e. The van der Waals surface area contributed by atoms with E-state index in [0.717, 1.165) is 45.4 Å². The number of anilines is 1. The number of aliphatic hydroxyl groups is 1. The Morgan fingerprint density at radius 3 is 2.27 bits per heavy atom. The molecule has 7 rings (SSSR count). The van der Waals surface area contributed by atoms with Crippen LogP contribution in [-0.2, 0) is 16.1 Å². The summed E-state index contributed by atoms with van der Waals surface area (Å²) >= 11 is 0. The van der Waals surface area contributed by atoms with Crippen LogP contribution in [0, 0.1) is 17.2 Å². The monoisotopic (exact) mass is 625 g/mol. The van der Waals surface area contributed by atoms with Crippen molar-refractivity contribution in [3.05, 3.63) is 60.0 Å². The maximum absolute atomic E-state index is 15.3. The summed E-state index contributed by atoms with van der Waals surface area (Å²) in [5.74, 6) is -3.40. The van der Waals surface area contributed by atoms with Gasteiger partial charge < -0.3 is 19.3 Å². The van der Waals surface area contributed by atoms with Gasteiger partial charge in [0, 0.05) is 36.1 Å². The number of rotatable bonds is 9. The quantitative estimate of drug-likeness (QED) is 0.260. The van der Waals surface area contributed by atoms with Crippen LogP contribution in [0.25, 0.3) is 11.1 Å². The first kappa shape index (κ1) is 31.6. The molecular weight excluding hydrogens is 583 g/mol. The van der Waals surface area contributed by atoms with Crippen molar-refractivity contribution in [3.63, 3.8) is 0 Å². The third-order valence-electron chi connectivity index (χ3n) is 10.6. The van der Waals surface area contributed by atoms with E-state index < -0.39 is 22.8 Å². The maximum atomic E-state index is 15.3. The summed E-state index contributed by atoms with van der Waals surface area (Å²) < 4.78 is 53.5. The van der Waals surface area contributed by atoms with E-state index in [2.05, 4.69) is 10.1 Å². The van der Waals surface area contributed by atoms with E-state index in [9.17, 15) is 18.7 Å². The van der Waals surface area contributed by atoms with Gasteiger partial charge in [0.05, 0.1) is 12.2 Å². The lowest BCUT2D eigenvalue weighted by atomic mass is 9.53. The van der Waals surface area contributed by atoms with Crippen molar-refractivity contribution in [2.45, 2.75) is 102 Å². The number of benzene rings is 2. The van der Waals surface area contributed by atoms with Gasteiger partial charge in [-0.15, -0.1) is 0 Å². The molecule has 4 aliphatic rings. The third-order valence-corrected chi connectivity index (χ3v) is 10.6. The molecule has 0 saturated heterocycles. The highest BCUT2D eigenvalue weighted by Gasteiger charge is 2.53. The number of alkyl halides is 2. The molecule has 0 radical (unpaired) electrons. The average molecular weight is 626 g/mol. The van der Waals surface area contributed by atoms with E-state index in [1.165, 1.54) is 6.07 Å². The lowest BCUT2D eigenvalue weighted by Crippen LogP contribution is -2.52. The minimum atomic E-state index is -3.19. The molecule has 0 atom stereocenters. The van der Waals surface area contributed by atoms with E-state index >= 15 is 4.39 Å². The number of aromatic nitrogens is 2. The fourth-order valence-corrected chi connectivity index (χ4v) is 7.59. The molecule has 2 aromatic carbocycles. The van der Waals surface area contributed by atoms with Gasteiger partial charge in [-0.2, -0.15) is 13.8 Å². The van der Waals surface area contributed by atoms with Gasteiger partial charge in [0.2, 0.25) is 5.91 Å². The number of halogens is 3. The van der Waals surface area contributed by atoms with E-state index in [-0.39, 0.29) is 23.1 Å². The summed E-state index contributed by atoms with van der Waals surface area (Å²) in [5, 5.41) is 14.5. The van der Waals surface area contributed by atoms with E-state index in [1.807, 2.05) is 43.0 Å². The molecule has 0 unspecified atom stereocenters. The summed E-state index contributed by atoms with van der Waals surface area (Å²) in [4.78, 5) is 20.3. The predicted octanol–water partition coefficient (Wildman–Crippen LogP) is 7.95. The number of hydrogen-bond acceptors (Lipinski definition) is 6. The van der Waals surface area contributed by atoms with Crippen molar-refractivity contribution in [3.8, 4) is 16.9 Å². The normalized spacial score (nSPS) is 28.2. The van der Waals surface area contributed by atoms with E-state index in [0.29, 0.717) is 67.2 Å². The van der Waals surface area contributed by atoms with Crippen molar-refractivity contribution in [1.82, 2.24) is 10.1 Å². The fourth-order valence-electron chi connectivity index (χ4n) is 7.59. The molecule has 3 aromatic rings. The zero-order valence-electron chi connectivity index (χ0n) is 26.3. The second-order valence-corrected chi connectivity index (χ2v) is 13.9. The lowest BCUT2D eigenvalue weighted by molar-refractivity contribution is -0.125. The number of ether oxygens (including phenoxy) is 1. The Kier molecular flexibility index (Phi) is 8.25. The highest BCUT2D eigenvalue weighted by atomic mass is 19.3. The molecule has 10 heteroatoms. The van der Waals surface area contributed by atoms with Gasteiger partial charge in [0.1, 0.15) is 11.6 Å². The van der Waals surface area contributed by atoms with Crippen molar-refractivity contribution < 1.29 is 32.3 Å². The van der Waals surface area contributed by atoms with Crippen LogP contribution >= 0.6 is 0 Å². The first-order valence-electron chi connectivity index (χ1n) is 16.1. The number of hydrogen-bond donors (Lipinski definition) is 1. The van der Waals surface area contributed by atoms with Crippen LogP contribution in [0.3, 0.4) is 0 Å². The number of nitrogens with zero attached hydrogens (tertiary/aromatic N) is 3. The molecule has 4 aliphatic carbocycles. The Balaban J connectivity index is 1.28. The third kappa shape index (κ3) is 6.35. The highest BCUT2D eigenvalue weighted by molar-refractivity contribution is 5.96. The Hall–Kier alpha value is -3.40. The Morgan fingerprint density at radius 2 is 1.69 bits per heavy atom. The zero-order valence-corrected chi connectivity index (χ0v) is 26.3. The van der Waals surface area contributed by atoms with Gasteiger partial charge in [-0.25, -0.2) is 4.39 Å². The molecule has 0 spiro atoms. The predicted molar refractivity (Wildman–Crippen MR) is 164 cm³/mol. The van der Waals surface area contributed by atoms with E-state index in [1.54, 1.807) is 12.1 Å². The summed E-state index contributed by atoms with van der Waals surface area (Å²) in [6.45, 7) is 5.49. The second-order valence-electron chi connectivity index (χ2n) is 13.9. The molecule has 7 nitrogen and oxygen atoms in total. The summed E-state index contributed by atoms with van der Waals surface area (Å²) in [6.07, 6.45) is 6.80. The standard InChI is InChI=1S/C35H42F3N3O4/c1-4-44-26-8-5-23(6-9-26)27-21-25(7-10-28(27)36)41(29(42)24-11-13-32(2,43)14-12-24)22-34-15-18-35(19-16-34,20-17-34)30-39-31(45-40-30)33(3,37)38/h5-10,21,24,43H,4,11-20,22H2,1-3H3. The van der Waals surface area contributed by atoms with Crippen LogP contribution in [0.15, 0.2) is 47.0 Å². The number of carbonyl (C=O) groups excluding carboxylic acids is 1. The Labute approximate surface area is 262 Å². The summed E-state index contributed by atoms with van der Waals surface area (Å²) in [7, 11) is 0. The smallest absolute Gasteiger partial charge is 0.322 e. The Bertz CT molecular complexity index is 1500. The largest absolute Gasteiger partial charge is 0.494 e. The SMILES string of the molecule is CCOc1ccc(-c2cc(N(CC34CCC(c5noc(C(C)(F)F)n5)(CC3)CC4)C(=O)C3CCC(C)(O)CC3)ccc2F)cc1. The molecule has 45 heavy (non-hydrogen) atoms. The number of carbonyl (C=O) groups is 1.